The van der Waals surface area contributed by atoms with E-state index in [1.54, 1.807) is 6.92 Å². The lowest BCUT2D eigenvalue weighted by Crippen LogP contribution is -2.16. The largest absolute Gasteiger partial charge is 0.338 e. The quantitative estimate of drug-likeness (QED) is 0.769. The third-order valence-corrected chi connectivity index (χ3v) is 1.55. The molecule has 1 rings (SSSR count). The summed E-state index contributed by atoms with van der Waals surface area (Å²) in [7, 11) is 0. The van der Waals surface area contributed by atoms with Crippen LogP contribution < -0.4 is 5.73 Å². The van der Waals surface area contributed by atoms with E-state index in [-0.39, 0.29) is 18.4 Å². The number of hydrogen-bond acceptors (Lipinski definition) is 4. The first kappa shape index (κ1) is 11.4. The highest BCUT2D eigenvalue weighted by Gasteiger charge is 2.16. The van der Waals surface area contributed by atoms with Crippen LogP contribution >= 0.6 is 12.4 Å². The van der Waals surface area contributed by atoms with E-state index in [9.17, 15) is 0 Å². The fourth-order valence-electron chi connectivity index (χ4n) is 0.734. The van der Waals surface area contributed by atoms with Crippen LogP contribution in [0.4, 0.5) is 0 Å². The maximum atomic E-state index is 5.75. The Hall–Kier alpha value is -0.610. The van der Waals surface area contributed by atoms with Gasteiger partial charge < -0.3 is 10.3 Å². The van der Waals surface area contributed by atoms with Gasteiger partial charge in [-0.25, -0.2) is 0 Å². The zero-order valence-corrected chi connectivity index (χ0v) is 8.26. The lowest BCUT2D eigenvalue weighted by Gasteiger charge is -2.08. The normalized spacial score (nSPS) is 12.8. The van der Waals surface area contributed by atoms with Crippen molar-refractivity contribution in [3.63, 3.8) is 0 Å². The van der Waals surface area contributed by atoms with E-state index in [4.69, 9.17) is 10.3 Å². The van der Waals surface area contributed by atoms with Gasteiger partial charge in [-0.1, -0.05) is 19.0 Å². The van der Waals surface area contributed by atoms with Crippen molar-refractivity contribution in [2.75, 3.05) is 0 Å². The molecule has 0 aromatic carbocycles. The van der Waals surface area contributed by atoms with E-state index in [0.29, 0.717) is 17.6 Å². The molecule has 0 saturated heterocycles. The molecule has 0 saturated carbocycles. The number of hydrogen-bond donors (Lipinski definition) is 1. The van der Waals surface area contributed by atoms with Gasteiger partial charge >= 0.3 is 0 Å². The molecule has 0 fully saturated rings. The first-order chi connectivity index (χ1) is 5.11. The Kier molecular flexibility index (Phi) is 4.20. The Bertz CT molecular complexity index is 236. The molecular weight excluding hydrogens is 178 g/mol. The maximum Gasteiger partial charge on any atom is 0.243 e. The molecule has 0 aliphatic carbocycles. The molecule has 0 spiro atoms. The van der Waals surface area contributed by atoms with Crippen molar-refractivity contribution in [1.29, 1.82) is 0 Å². The van der Waals surface area contributed by atoms with Crippen LogP contribution in [0.25, 0.3) is 0 Å². The van der Waals surface area contributed by atoms with Crippen molar-refractivity contribution in [2.24, 2.45) is 11.7 Å². The van der Waals surface area contributed by atoms with E-state index in [2.05, 4.69) is 10.1 Å². The number of rotatable bonds is 2. The number of aryl methyl sites for hydroxylation is 1. The van der Waals surface area contributed by atoms with Crippen molar-refractivity contribution in [1.82, 2.24) is 10.1 Å². The van der Waals surface area contributed by atoms with Crippen molar-refractivity contribution in [3.8, 4) is 0 Å². The van der Waals surface area contributed by atoms with Crippen LogP contribution in [0.1, 0.15) is 31.6 Å². The second-order valence-electron chi connectivity index (χ2n) is 2.95. The molecule has 1 heterocycles. The zero-order chi connectivity index (χ0) is 8.43. The summed E-state index contributed by atoms with van der Waals surface area (Å²) in [6.07, 6.45) is 0. The minimum absolute atomic E-state index is 0. The zero-order valence-electron chi connectivity index (χ0n) is 7.44. The van der Waals surface area contributed by atoms with Gasteiger partial charge in [0.05, 0.1) is 6.04 Å². The molecular formula is C7H14ClN3O. The van der Waals surface area contributed by atoms with E-state index in [1.165, 1.54) is 0 Å². The van der Waals surface area contributed by atoms with Crippen molar-refractivity contribution >= 4 is 12.4 Å². The summed E-state index contributed by atoms with van der Waals surface area (Å²) < 4.78 is 4.90. The van der Waals surface area contributed by atoms with Crippen LogP contribution in [-0.4, -0.2) is 10.1 Å². The molecule has 1 aromatic rings. The number of nitrogens with two attached hydrogens (primary N) is 1. The smallest absolute Gasteiger partial charge is 0.243 e. The number of halogens is 1. The van der Waals surface area contributed by atoms with Crippen LogP contribution in [0.15, 0.2) is 4.52 Å². The molecule has 0 aliphatic heterocycles. The SMILES string of the molecule is Cc1noc(C(N)C(C)C)n1.Cl. The lowest BCUT2D eigenvalue weighted by atomic mass is 10.1. The average molecular weight is 192 g/mol. The second-order valence-corrected chi connectivity index (χ2v) is 2.95. The van der Waals surface area contributed by atoms with Crippen LogP contribution in [0.5, 0.6) is 0 Å². The summed E-state index contributed by atoms with van der Waals surface area (Å²) in [5.74, 6) is 1.49. The van der Waals surface area contributed by atoms with E-state index in [0.717, 1.165) is 0 Å². The van der Waals surface area contributed by atoms with E-state index >= 15 is 0 Å². The third kappa shape index (κ3) is 2.46. The highest BCUT2D eigenvalue weighted by atomic mass is 35.5. The van der Waals surface area contributed by atoms with E-state index < -0.39 is 0 Å². The Morgan fingerprint density at radius 2 is 2.00 bits per heavy atom. The minimum Gasteiger partial charge on any atom is -0.338 e. The average Bonchev–Trinajstić information content (AvgIpc) is 2.34. The van der Waals surface area contributed by atoms with Crippen molar-refractivity contribution in [3.05, 3.63) is 11.7 Å². The highest BCUT2D eigenvalue weighted by Crippen LogP contribution is 2.15. The first-order valence-corrected chi connectivity index (χ1v) is 3.67. The lowest BCUT2D eigenvalue weighted by molar-refractivity contribution is 0.323. The van der Waals surface area contributed by atoms with Crippen molar-refractivity contribution < 1.29 is 4.52 Å². The van der Waals surface area contributed by atoms with Gasteiger partial charge in [-0.2, -0.15) is 4.98 Å². The van der Waals surface area contributed by atoms with Gasteiger partial charge in [-0.05, 0) is 12.8 Å². The Morgan fingerprint density at radius 1 is 1.42 bits per heavy atom. The fraction of sp³-hybridized carbons (Fsp3) is 0.714. The molecule has 0 bridgehead atoms. The molecule has 4 nitrogen and oxygen atoms in total. The highest BCUT2D eigenvalue weighted by molar-refractivity contribution is 5.85. The summed E-state index contributed by atoms with van der Waals surface area (Å²) in [6.45, 7) is 5.81. The molecule has 70 valence electrons. The van der Waals surface area contributed by atoms with Crippen LogP contribution in [0.2, 0.25) is 0 Å². The molecule has 1 unspecified atom stereocenters. The van der Waals surface area contributed by atoms with Gasteiger partial charge in [0.1, 0.15) is 0 Å². The second kappa shape index (κ2) is 4.42. The summed E-state index contributed by atoms with van der Waals surface area (Å²) in [5.41, 5.74) is 5.75. The maximum absolute atomic E-state index is 5.75. The van der Waals surface area contributed by atoms with Crippen LogP contribution in [0, 0.1) is 12.8 Å². The van der Waals surface area contributed by atoms with Gasteiger partial charge in [0, 0.05) is 0 Å². The van der Waals surface area contributed by atoms with Crippen molar-refractivity contribution in [2.45, 2.75) is 26.8 Å². The Labute approximate surface area is 77.9 Å². The summed E-state index contributed by atoms with van der Waals surface area (Å²) >= 11 is 0. The van der Waals surface area contributed by atoms with Crippen LogP contribution in [-0.2, 0) is 0 Å². The van der Waals surface area contributed by atoms with Crippen LogP contribution in [0.3, 0.4) is 0 Å². The Morgan fingerprint density at radius 3 is 2.33 bits per heavy atom. The predicted octanol–water partition coefficient (Wildman–Crippen LogP) is 1.46. The molecule has 1 aromatic heterocycles. The summed E-state index contributed by atoms with van der Waals surface area (Å²) in [5, 5.41) is 3.65. The van der Waals surface area contributed by atoms with E-state index in [1.807, 2.05) is 13.8 Å². The molecule has 0 amide bonds. The molecule has 0 radical (unpaired) electrons. The first-order valence-electron chi connectivity index (χ1n) is 3.67. The fourth-order valence-corrected chi connectivity index (χ4v) is 0.734. The third-order valence-electron chi connectivity index (χ3n) is 1.55. The number of aromatic nitrogens is 2. The Balaban J connectivity index is 0.00000121. The molecule has 5 heteroatoms. The van der Waals surface area contributed by atoms with Gasteiger partial charge in [0.25, 0.3) is 0 Å². The van der Waals surface area contributed by atoms with Gasteiger partial charge in [0.15, 0.2) is 5.82 Å². The monoisotopic (exact) mass is 191 g/mol. The summed E-state index contributed by atoms with van der Waals surface area (Å²) in [4.78, 5) is 4.03. The standard InChI is InChI=1S/C7H13N3O.ClH/c1-4(2)6(8)7-9-5(3)10-11-7;/h4,6H,8H2,1-3H3;1H. The molecule has 1 atom stereocenters. The predicted molar refractivity (Wildman–Crippen MR) is 48.0 cm³/mol. The van der Waals surface area contributed by atoms with Gasteiger partial charge in [-0.15, -0.1) is 12.4 Å². The van der Waals surface area contributed by atoms with Gasteiger partial charge in [0.2, 0.25) is 5.89 Å². The molecule has 12 heavy (non-hydrogen) atoms. The number of nitrogens with zero attached hydrogens (tertiary/aromatic N) is 2. The topological polar surface area (TPSA) is 64.9 Å². The van der Waals surface area contributed by atoms with Gasteiger partial charge in [-0.3, -0.25) is 0 Å². The molecule has 0 aliphatic rings. The molecule has 2 N–H and O–H groups in total. The minimum atomic E-state index is -0.142. The summed E-state index contributed by atoms with van der Waals surface area (Å²) in [6, 6.07) is -0.142.